The number of aliphatic hydroxyl groups excluding tert-OH is 1. The Hall–Kier alpha value is -1.59. The largest absolute Gasteiger partial charge is 0.382 e. The van der Waals surface area contributed by atoms with Crippen LogP contribution in [-0.2, 0) is 16.3 Å². The van der Waals surface area contributed by atoms with Crippen LogP contribution in [0.2, 0.25) is 25.7 Å². The van der Waals surface area contributed by atoms with Crippen LogP contribution in [0.3, 0.4) is 0 Å². The fourth-order valence-corrected chi connectivity index (χ4v) is 4.27. The molecule has 2 rings (SSSR count). The van der Waals surface area contributed by atoms with Gasteiger partial charge in [0.15, 0.2) is 0 Å². The molecule has 1 unspecified atom stereocenters. The Labute approximate surface area is 185 Å². The van der Waals surface area contributed by atoms with Gasteiger partial charge >= 0.3 is 0 Å². The van der Waals surface area contributed by atoms with E-state index >= 15 is 0 Å². The summed E-state index contributed by atoms with van der Waals surface area (Å²) in [4.78, 5) is 17.3. The van der Waals surface area contributed by atoms with Crippen LogP contribution in [0.5, 0.6) is 0 Å². The minimum atomic E-state index is -1.26. The van der Waals surface area contributed by atoms with Crippen molar-refractivity contribution in [1.82, 2.24) is 15.3 Å². The lowest BCUT2D eigenvalue weighted by Gasteiger charge is -2.19. The highest BCUT2D eigenvalue weighted by molar-refractivity contribution is 9.10. The lowest BCUT2D eigenvalue weighted by atomic mass is 10.00. The van der Waals surface area contributed by atoms with Crippen molar-refractivity contribution in [3.63, 3.8) is 0 Å². The van der Waals surface area contributed by atoms with Crippen LogP contribution in [0.1, 0.15) is 39.0 Å². The Bertz CT molecular complexity index is 914. The summed E-state index contributed by atoms with van der Waals surface area (Å²) in [5.41, 5.74) is 3.92. The predicted octanol–water partition coefficient (Wildman–Crippen LogP) is 4.09. The van der Waals surface area contributed by atoms with Crippen LogP contribution in [0.25, 0.3) is 0 Å². The van der Waals surface area contributed by atoms with Gasteiger partial charge in [0.1, 0.15) is 18.7 Å². The number of hydroxylamine groups is 1. The van der Waals surface area contributed by atoms with Gasteiger partial charge in [0.05, 0.1) is 24.1 Å². The van der Waals surface area contributed by atoms with E-state index in [1.807, 2.05) is 0 Å². The number of hydrogen-bond acceptors (Lipinski definition) is 5. The molecule has 0 aliphatic heterocycles. The lowest BCUT2D eigenvalue weighted by Crippen LogP contribution is -2.25. The molecule has 0 radical (unpaired) electrons. The molecule has 1 aromatic carbocycles. The van der Waals surface area contributed by atoms with Gasteiger partial charge in [0.25, 0.3) is 5.91 Å². The molecule has 0 saturated heterocycles. The number of amides is 1. The van der Waals surface area contributed by atoms with Crippen molar-refractivity contribution in [2.24, 2.45) is 0 Å². The molecule has 0 aliphatic rings. The van der Waals surface area contributed by atoms with E-state index in [0.29, 0.717) is 27.9 Å². The molecule has 1 amide bonds. The third-order valence-corrected chi connectivity index (χ3v) is 7.46. The Balaban J connectivity index is 2.46. The Morgan fingerprint density at radius 2 is 2.03 bits per heavy atom. The van der Waals surface area contributed by atoms with Crippen molar-refractivity contribution >= 4 is 29.9 Å². The van der Waals surface area contributed by atoms with E-state index in [1.54, 1.807) is 13.8 Å². The normalized spacial score (nSPS) is 12.8. The molecule has 0 bridgehead atoms. The van der Waals surface area contributed by atoms with Crippen molar-refractivity contribution in [3.8, 4) is 0 Å². The van der Waals surface area contributed by atoms with Crippen molar-refractivity contribution < 1.29 is 23.9 Å². The second-order valence-corrected chi connectivity index (χ2v) is 14.7. The number of carbonyl (C=O) groups excluding carboxylic acids is 1. The first-order valence-electron chi connectivity index (χ1n) is 9.59. The summed E-state index contributed by atoms with van der Waals surface area (Å²) in [6.07, 6.45) is -1.24. The van der Waals surface area contributed by atoms with Gasteiger partial charge in [0, 0.05) is 24.7 Å². The van der Waals surface area contributed by atoms with E-state index in [-0.39, 0.29) is 18.0 Å². The second-order valence-electron chi connectivity index (χ2n) is 8.31. The summed E-state index contributed by atoms with van der Waals surface area (Å²) in [6, 6.07) is 3.74. The Kier molecular flexibility index (Phi) is 8.34. The average molecular weight is 502 g/mol. The van der Waals surface area contributed by atoms with Crippen molar-refractivity contribution in [1.29, 1.82) is 0 Å². The molecular weight excluding hydrogens is 473 g/mol. The molecule has 2 N–H and O–H groups in total. The highest BCUT2D eigenvalue weighted by atomic mass is 79.9. The van der Waals surface area contributed by atoms with E-state index in [4.69, 9.17) is 9.57 Å². The summed E-state index contributed by atoms with van der Waals surface area (Å²) < 4.78 is 21.6. The molecule has 1 aromatic heterocycles. The highest BCUT2D eigenvalue weighted by Crippen LogP contribution is 2.34. The average Bonchev–Trinajstić information content (AvgIpc) is 2.98. The van der Waals surface area contributed by atoms with Crippen LogP contribution < -0.4 is 5.48 Å². The number of halogens is 2. The molecule has 30 heavy (non-hydrogen) atoms. The minimum absolute atomic E-state index is 0.0791. The zero-order valence-electron chi connectivity index (χ0n) is 18.2. The maximum absolute atomic E-state index is 13.9. The van der Waals surface area contributed by atoms with E-state index in [9.17, 15) is 14.3 Å². The maximum atomic E-state index is 13.9. The van der Waals surface area contributed by atoms with Crippen LogP contribution in [0.15, 0.2) is 16.6 Å². The van der Waals surface area contributed by atoms with Crippen molar-refractivity contribution in [3.05, 3.63) is 50.5 Å². The lowest BCUT2D eigenvalue weighted by molar-refractivity contribution is 0.0526. The summed E-state index contributed by atoms with van der Waals surface area (Å²) >= 11 is 3.36. The van der Waals surface area contributed by atoms with Gasteiger partial charge in [-0.05, 0) is 31.5 Å². The second kappa shape index (κ2) is 10.1. The number of ether oxygens (including phenoxy) is 1. The zero-order chi connectivity index (χ0) is 22.6. The molecule has 0 spiro atoms. The highest BCUT2D eigenvalue weighted by Gasteiger charge is 2.29. The number of aromatic nitrogens is 2. The summed E-state index contributed by atoms with van der Waals surface area (Å²) in [7, 11) is 0.0632. The molecule has 0 saturated carbocycles. The third kappa shape index (κ3) is 5.76. The molecule has 10 heteroatoms. The van der Waals surface area contributed by atoms with Gasteiger partial charge in [0.2, 0.25) is 0 Å². The number of nitrogens with zero attached hydrogens (tertiary/aromatic N) is 2. The third-order valence-electron chi connectivity index (χ3n) is 4.70. The summed E-state index contributed by atoms with van der Waals surface area (Å²) in [5.74, 6) is -0.929. The number of carbonyl (C=O) groups is 1. The number of aliphatic hydroxyl groups is 1. The first-order chi connectivity index (χ1) is 14.0. The molecule has 0 aliphatic carbocycles. The predicted molar refractivity (Wildman–Crippen MR) is 118 cm³/mol. The van der Waals surface area contributed by atoms with E-state index in [0.717, 1.165) is 6.04 Å². The minimum Gasteiger partial charge on any atom is -0.382 e. The van der Waals surface area contributed by atoms with Gasteiger partial charge in [-0.3, -0.25) is 9.63 Å². The quantitative estimate of drug-likeness (QED) is 0.307. The smallest absolute Gasteiger partial charge is 0.278 e. The van der Waals surface area contributed by atoms with Crippen LogP contribution in [0, 0.1) is 19.7 Å². The van der Waals surface area contributed by atoms with Gasteiger partial charge in [-0.25, -0.2) is 14.6 Å². The van der Waals surface area contributed by atoms with Gasteiger partial charge < -0.3 is 9.84 Å². The van der Waals surface area contributed by atoms with Crippen molar-refractivity contribution in [2.45, 2.75) is 52.4 Å². The van der Waals surface area contributed by atoms with Crippen molar-refractivity contribution in [2.75, 3.05) is 13.7 Å². The number of benzene rings is 1. The van der Waals surface area contributed by atoms with Gasteiger partial charge in [-0.2, -0.15) is 5.10 Å². The Morgan fingerprint density at radius 3 is 2.63 bits per heavy atom. The fourth-order valence-electron chi connectivity index (χ4n) is 2.97. The number of rotatable bonds is 9. The topological polar surface area (TPSA) is 85.6 Å². The maximum Gasteiger partial charge on any atom is 0.278 e. The molecule has 2 aromatic rings. The molecule has 0 fully saturated rings. The molecule has 7 nitrogen and oxygen atoms in total. The van der Waals surface area contributed by atoms with Crippen LogP contribution in [0.4, 0.5) is 4.39 Å². The molecule has 166 valence electrons. The SMILES string of the molecule is CONC(=O)c1c(C)nn(COCC[Si](C)(C)C)c1C(O)c1ccc(F)c(C)c1Br. The van der Waals surface area contributed by atoms with Crippen LogP contribution >= 0.6 is 15.9 Å². The standard InChI is InChI=1S/C20H29BrFN3O4Si/c1-12-15(22)8-7-14(17(12)21)19(26)18-16(20(27)24-28-3)13(2)23-25(18)11-29-9-10-30(4,5)6/h7-8,19,26H,9-11H2,1-6H3,(H,24,27). The number of nitrogens with one attached hydrogen (secondary N) is 1. The first kappa shape index (κ1) is 24.7. The summed E-state index contributed by atoms with van der Waals surface area (Å²) in [5, 5.41) is 15.6. The number of hydrogen-bond donors (Lipinski definition) is 2. The molecule has 1 heterocycles. The van der Waals surface area contributed by atoms with Gasteiger partial charge in [-0.15, -0.1) is 0 Å². The first-order valence-corrected chi connectivity index (χ1v) is 14.1. The zero-order valence-corrected chi connectivity index (χ0v) is 20.8. The number of aryl methyl sites for hydroxylation is 1. The Morgan fingerprint density at radius 1 is 1.37 bits per heavy atom. The molecular formula is C20H29BrFN3O4Si. The van der Waals surface area contributed by atoms with E-state index in [1.165, 1.54) is 23.9 Å². The summed E-state index contributed by atoms with van der Waals surface area (Å²) in [6.45, 7) is 10.7. The van der Waals surface area contributed by atoms with Crippen LogP contribution in [-0.4, -0.2) is 42.6 Å². The monoisotopic (exact) mass is 501 g/mol. The fraction of sp³-hybridized carbons (Fsp3) is 0.500. The van der Waals surface area contributed by atoms with Gasteiger partial charge in [-0.1, -0.05) is 41.6 Å². The van der Waals surface area contributed by atoms with E-state index < -0.39 is 25.9 Å². The van der Waals surface area contributed by atoms with E-state index in [2.05, 4.69) is 46.1 Å². The molecule has 1 atom stereocenters.